The zero-order valence-corrected chi connectivity index (χ0v) is 17.4. The maximum absolute atomic E-state index is 12.2. The lowest BCUT2D eigenvalue weighted by Crippen LogP contribution is -2.39. The molecule has 0 spiro atoms. The van der Waals surface area contributed by atoms with E-state index in [0.29, 0.717) is 11.6 Å². The number of hydrogen-bond acceptors (Lipinski definition) is 5. The molecule has 4 aromatic rings. The van der Waals surface area contributed by atoms with Crippen LogP contribution in [0, 0.1) is 0 Å². The molecule has 4 rings (SSSR count). The van der Waals surface area contributed by atoms with Crippen LogP contribution in [0.3, 0.4) is 0 Å². The van der Waals surface area contributed by atoms with Crippen molar-refractivity contribution in [3.63, 3.8) is 0 Å². The summed E-state index contributed by atoms with van der Waals surface area (Å²) < 4.78 is 0. The molecule has 0 aliphatic heterocycles. The Labute approximate surface area is 184 Å². The van der Waals surface area contributed by atoms with E-state index in [1.165, 1.54) is 11.8 Å². The van der Waals surface area contributed by atoms with Crippen LogP contribution in [0.2, 0.25) is 0 Å². The Kier molecular flexibility index (Phi) is 6.54. The number of nitrogens with one attached hydrogen (secondary N) is 2. The van der Waals surface area contributed by atoms with E-state index >= 15 is 0 Å². The largest absolute Gasteiger partial charge is 0.334 e. The summed E-state index contributed by atoms with van der Waals surface area (Å²) in [5, 5.41) is 16.3. The van der Waals surface area contributed by atoms with Gasteiger partial charge < -0.3 is 5.32 Å². The lowest BCUT2D eigenvalue weighted by Gasteiger charge is -2.09. The monoisotopic (exact) mass is 428 g/mol. The predicted molar refractivity (Wildman–Crippen MR) is 123 cm³/mol. The number of rotatable bonds is 6. The zero-order chi connectivity index (χ0) is 21.5. The second-order valence-electron chi connectivity index (χ2n) is 6.77. The number of carbonyl (C=O) groups is 2. The second-order valence-corrected chi connectivity index (χ2v) is 7.73. The van der Waals surface area contributed by atoms with Crippen molar-refractivity contribution in [2.24, 2.45) is 0 Å². The highest BCUT2D eigenvalue weighted by atomic mass is 32.2. The summed E-state index contributed by atoms with van der Waals surface area (Å²) >= 11 is 1.25. The van der Waals surface area contributed by atoms with Gasteiger partial charge in [-0.25, -0.2) is 4.79 Å². The molecule has 0 aliphatic rings. The van der Waals surface area contributed by atoms with Crippen molar-refractivity contribution in [1.29, 1.82) is 0 Å². The summed E-state index contributed by atoms with van der Waals surface area (Å²) in [5.74, 6) is -0.337. The number of amides is 3. The predicted octanol–water partition coefficient (Wildman–Crippen LogP) is 4.41. The fourth-order valence-corrected chi connectivity index (χ4v) is 3.89. The molecule has 0 bridgehead atoms. The van der Waals surface area contributed by atoms with Crippen molar-refractivity contribution in [1.82, 2.24) is 20.8 Å². The van der Waals surface area contributed by atoms with Gasteiger partial charge in [0.15, 0.2) is 0 Å². The van der Waals surface area contributed by atoms with E-state index in [1.54, 1.807) is 0 Å². The van der Waals surface area contributed by atoms with Crippen molar-refractivity contribution in [2.75, 3.05) is 5.75 Å². The summed E-state index contributed by atoms with van der Waals surface area (Å²) in [7, 11) is 0. The number of aromatic nitrogens is 2. The molecule has 2 N–H and O–H groups in total. The lowest BCUT2D eigenvalue weighted by molar-refractivity contribution is -0.117. The van der Waals surface area contributed by atoms with Crippen LogP contribution < -0.4 is 10.6 Å². The molecule has 0 fully saturated rings. The summed E-state index contributed by atoms with van der Waals surface area (Å²) in [6, 6.07) is 26.7. The van der Waals surface area contributed by atoms with Crippen molar-refractivity contribution in [3.8, 4) is 11.3 Å². The summed E-state index contributed by atoms with van der Waals surface area (Å²) in [6.45, 7) is 0.351. The molecule has 31 heavy (non-hydrogen) atoms. The van der Waals surface area contributed by atoms with Gasteiger partial charge >= 0.3 is 6.03 Å². The van der Waals surface area contributed by atoms with Gasteiger partial charge in [0, 0.05) is 22.9 Å². The average Bonchev–Trinajstić information content (AvgIpc) is 2.82. The molecule has 1 aromatic heterocycles. The molecular weight excluding hydrogens is 408 g/mol. The number of nitrogens with zero attached hydrogens (tertiary/aromatic N) is 2. The van der Waals surface area contributed by atoms with E-state index in [0.717, 1.165) is 27.6 Å². The molecule has 0 radical (unpaired) electrons. The first-order valence-corrected chi connectivity index (χ1v) is 10.7. The summed E-state index contributed by atoms with van der Waals surface area (Å²) in [6.07, 6.45) is 0. The maximum Gasteiger partial charge on any atom is 0.321 e. The quantitative estimate of drug-likeness (QED) is 0.444. The van der Waals surface area contributed by atoms with Crippen LogP contribution in [0.1, 0.15) is 5.56 Å². The minimum Gasteiger partial charge on any atom is -0.334 e. The first kappa shape index (κ1) is 20.6. The Balaban J connectivity index is 1.40. The van der Waals surface area contributed by atoms with E-state index in [-0.39, 0.29) is 5.75 Å². The highest BCUT2D eigenvalue weighted by molar-refractivity contribution is 8.00. The zero-order valence-electron chi connectivity index (χ0n) is 16.6. The van der Waals surface area contributed by atoms with E-state index in [9.17, 15) is 9.59 Å². The Morgan fingerprint density at radius 1 is 0.774 bits per heavy atom. The fourth-order valence-electron chi connectivity index (χ4n) is 3.11. The van der Waals surface area contributed by atoms with Crippen molar-refractivity contribution in [3.05, 3.63) is 90.5 Å². The van der Waals surface area contributed by atoms with Crippen molar-refractivity contribution < 1.29 is 9.59 Å². The Bertz CT molecular complexity index is 1200. The number of fused-ring (bicyclic) bond motifs is 1. The van der Waals surface area contributed by atoms with Gasteiger partial charge in [0.05, 0.1) is 5.75 Å². The van der Waals surface area contributed by atoms with E-state index in [1.807, 2.05) is 84.9 Å². The third kappa shape index (κ3) is 5.26. The third-order valence-electron chi connectivity index (χ3n) is 4.59. The summed E-state index contributed by atoms with van der Waals surface area (Å²) in [4.78, 5) is 24.2. The molecule has 1 heterocycles. The normalized spacial score (nSPS) is 10.6. The first-order chi connectivity index (χ1) is 15.2. The van der Waals surface area contributed by atoms with Gasteiger partial charge in [0.2, 0.25) is 5.91 Å². The van der Waals surface area contributed by atoms with Crippen LogP contribution in [0.4, 0.5) is 4.79 Å². The molecular formula is C24H20N4O2S. The number of hydrogen-bond donors (Lipinski definition) is 2. The molecule has 0 saturated carbocycles. The van der Waals surface area contributed by atoms with E-state index < -0.39 is 11.9 Å². The van der Waals surface area contributed by atoms with E-state index in [2.05, 4.69) is 20.8 Å². The highest BCUT2D eigenvalue weighted by Gasteiger charge is 2.14. The number of urea groups is 1. The van der Waals surface area contributed by atoms with Gasteiger partial charge in [-0.1, -0.05) is 96.7 Å². The fraction of sp³-hybridized carbons (Fsp3) is 0.0833. The van der Waals surface area contributed by atoms with Gasteiger partial charge in [-0.05, 0) is 5.56 Å². The molecule has 3 aromatic carbocycles. The van der Waals surface area contributed by atoms with E-state index in [4.69, 9.17) is 0 Å². The summed E-state index contributed by atoms with van der Waals surface area (Å²) in [5.41, 5.74) is 2.74. The molecule has 154 valence electrons. The van der Waals surface area contributed by atoms with Crippen LogP contribution in [-0.2, 0) is 11.3 Å². The second kappa shape index (κ2) is 9.86. The molecule has 3 amide bonds. The van der Waals surface area contributed by atoms with Crippen LogP contribution >= 0.6 is 11.8 Å². The SMILES string of the molecule is O=C(CSc1nnc(-c2ccccc2)c2ccccc12)NC(=O)NCc1ccccc1. The van der Waals surface area contributed by atoms with Crippen LogP contribution in [0.25, 0.3) is 22.0 Å². The number of benzene rings is 3. The molecule has 6 nitrogen and oxygen atoms in total. The first-order valence-electron chi connectivity index (χ1n) is 9.76. The van der Waals surface area contributed by atoms with Gasteiger partial charge in [0.1, 0.15) is 10.7 Å². The van der Waals surface area contributed by atoms with Crippen molar-refractivity contribution in [2.45, 2.75) is 11.6 Å². The van der Waals surface area contributed by atoms with Gasteiger partial charge in [-0.3, -0.25) is 10.1 Å². The third-order valence-corrected chi connectivity index (χ3v) is 5.57. The molecule has 7 heteroatoms. The highest BCUT2D eigenvalue weighted by Crippen LogP contribution is 2.31. The number of imide groups is 1. The Morgan fingerprint density at radius 3 is 2.16 bits per heavy atom. The van der Waals surface area contributed by atoms with Crippen LogP contribution in [0.5, 0.6) is 0 Å². The molecule has 0 saturated heterocycles. The van der Waals surface area contributed by atoms with Crippen LogP contribution in [-0.4, -0.2) is 27.9 Å². The molecule has 0 aliphatic carbocycles. The molecule has 0 unspecified atom stereocenters. The maximum atomic E-state index is 12.2. The van der Waals surface area contributed by atoms with Crippen LogP contribution in [0.15, 0.2) is 90.0 Å². The van der Waals surface area contributed by atoms with Crippen molar-refractivity contribution >= 4 is 34.5 Å². The average molecular weight is 429 g/mol. The van der Waals surface area contributed by atoms with Gasteiger partial charge in [-0.2, -0.15) is 0 Å². The lowest BCUT2D eigenvalue weighted by atomic mass is 10.1. The van der Waals surface area contributed by atoms with Gasteiger partial charge in [0.25, 0.3) is 0 Å². The topological polar surface area (TPSA) is 84.0 Å². The minimum atomic E-state index is -0.523. The number of carbonyl (C=O) groups excluding carboxylic acids is 2. The number of thioether (sulfide) groups is 1. The smallest absolute Gasteiger partial charge is 0.321 e. The van der Waals surface area contributed by atoms with Gasteiger partial charge in [-0.15, -0.1) is 10.2 Å². The minimum absolute atomic E-state index is 0.0577. The Hall–Kier alpha value is -3.71. The molecule has 0 atom stereocenters. The standard InChI is InChI=1S/C24H20N4O2S/c29-21(26-24(30)25-15-17-9-3-1-4-10-17)16-31-23-20-14-8-7-13-19(20)22(27-28-23)18-11-5-2-6-12-18/h1-14H,15-16H2,(H2,25,26,29,30). The Morgan fingerprint density at radius 2 is 1.42 bits per heavy atom.